The Morgan fingerprint density at radius 1 is 1.29 bits per heavy atom. The fraction of sp³-hybridized carbons (Fsp3) is 0.143. The molecule has 4 nitrogen and oxygen atoms in total. The van der Waals surface area contributed by atoms with Gasteiger partial charge in [-0.15, -0.1) is 8.78 Å². The molecule has 1 heterocycles. The van der Waals surface area contributed by atoms with Crippen molar-refractivity contribution in [3.05, 3.63) is 18.2 Å². The fourth-order valence-electron chi connectivity index (χ4n) is 1.04. The van der Waals surface area contributed by atoms with Gasteiger partial charge in [-0.3, -0.25) is 0 Å². The molecule has 1 aromatic carbocycles. The zero-order valence-electron chi connectivity index (χ0n) is 6.57. The molecule has 0 aromatic heterocycles. The van der Waals surface area contributed by atoms with Crippen molar-refractivity contribution in [1.29, 1.82) is 0 Å². The lowest BCUT2D eigenvalue weighted by Crippen LogP contribution is -2.25. The average Bonchev–Trinajstić information content (AvgIpc) is 2.36. The van der Waals surface area contributed by atoms with Crippen molar-refractivity contribution in [2.75, 3.05) is 0 Å². The Morgan fingerprint density at radius 3 is 2.57 bits per heavy atom. The first kappa shape index (κ1) is 9.35. The molecular weight excluding hydrogens is 218 g/mol. The number of alkyl halides is 2. The Labute approximate surface area is 79.7 Å². The molecular formula is C7H4F2O4S. The molecule has 0 amide bonds. The Hall–Kier alpha value is -1.21. The Balaban J connectivity index is 2.40. The van der Waals surface area contributed by atoms with Crippen molar-refractivity contribution in [2.45, 2.75) is 11.2 Å². The summed E-state index contributed by atoms with van der Waals surface area (Å²) in [4.78, 5) is -0.0231. The van der Waals surface area contributed by atoms with E-state index in [1.165, 1.54) is 6.07 Å². The van der Waals surface area contributed by atoms with E-state index in [0.717, 1.165) is 12.1 Å². The van der Waals surface area contributed by atoms with E-state index < -0.39 is 17.4 Å². The quantitative estimate of drug-likeness (QED) is 0.733. The molecule has 0 spiro atoms. The van der Waals surface area contributed by atoms with Crippen LogP contribution in [-0.4, -0.2) is 15.1 Å². The molecule has 0 saturated heterocycles. The largest absolute Gasteiger partial charge is 0.586 e. The molecule has 76 valence electrons. The summed E-state index contributed by atoms with van der Waals surface area (Å²) in [6, 6.07) is 3.39. The second kappa shape index (κ2) is 2.89. The zero-order valence-corrected chi connectivity index (χ0v) is 7.38. The number of halogens is 2. The molecule has 14 heavy (non-hydrogen) atoms. The highest BCUT2D eigenvalue weighted by Crippen LogP contribution is 2.41. The Bertz CT molecular complexity index is 407. The van der Waals surface area contributed by atoms with Crippen molar-refractivity contribution in [1.82, 2.24) is 0 Å². The van der Waals surface area contributed by atoms with E-state index in [2.05, 4.69) is 9.47 Å². The minimum Gasteiger partial charge on any atom is -0.395 e. The van der Waals surface area contributed by atoms with Crippen LogP contribution < -0.4 is 9.47 Å². The predicted octanol–water partition coefficient (Wildman–Crippen LogP) is 1.59. The molecule has 1 aromatic rings. The van der Waals surface area contributed by atoms with Crippen LogP contribution in [0.15, 0.2) is 23.1 Å². The summed E-state index contributed by atoms with van der Waals surface area (Å²) in [5.74, 6) is -0.390. The van der Waals surface area contributed by atoms with Crippen LogP contribution >= 0.6 is 0 Å². The third kappa shape index (κ3) is 1.55. The number of hydrogen-bond donors (Lipinski definition) is 1. The number of fused-ring (bicyclic) bond motifs is 1. The van der Waals surface area contributed by atoms with E-state index in [0.29, 0.717) is 0 Å². The summed E-state index contributed by atoms with van der Waals surface area (Å²) in [6.45, 7) is 0. The van der Waals surface area contributed by atoms with Crippen LogP contribution in [0.5, 0.6) is 11.5 Å². The van der Waals surface area contributed by atoms with Crippen LogP contribution in [0.1, 0.15) is 0 Å². The normalized spacial score (nSPS) is 19.4. The van der Waals surface area contributed by atoms with E-state index >= 15 is 0 Å². The molecule has 0 aliphatic carbocycles. The van der Waals surface area contributed by atoms with E-state index in [-0.39, 0.29) is 16.4 Å². The van der Waals surface area contributed by atoms with Gasteiger partial charge in [-0.25, -0.2) is 4.21 Å². The molecule has 1 unspecified atom stereocenters. The van der Waals surface area contributed by atoms with Crippen LogP contribution in [0.25, 0.3) is 0 Å². The van der Waals surface area contributed by atoms with Crippen molar-refractivity contribution in [3.63, 3.8) is 0 Å². The van der Waals surface area contributed by atoms with Gasteiger partial charge in [-0.1, -0.05) is 0 Å². The summed E-state index contributed by atoms with van der Waals surface area (Å²) in [5.41, 5.74) is 0. The Morgan fingerprint density at radius 2 is 1.93 bits per heavy atom. The fourth-order valence-corrected chi connectivity index (χ4v) is 1.43. The Kier molecular flexibility index (Phi) is 1.93. The molecule has 2 rings (SSSR count). The van der Waals surface area contributed by atoms with Crippen LogP contribution in [0.4, 0.5) is 8.78 Å². The first-order chi connectivity index (χ1) is 6.48. The third-order valence-electron chi connectivity index (χ3n) is 1.57. The maximum absolute atomic E-state index is 12.5. The van der Waals surface area contributed by atoms with Gasteiger partial charge in [0.1, 0.15) is 0 Å². The summed E-state index contributed by atoms with van der Waals surface area (Å²) in [6.07, 6.45) is -3.70. The lowest BCUT2D eigenvalue weighted by atomic mass is 10.3. The van der Waals surface area contributed by atoms with E-state index in [1.54, 1.807) is 0 Å². The SMILES string of the molecule is O=S(O)c1ccc2c(c1)OC(F)(F)O2. The van der Waals surface area contributed by atoms with Gasteiger partial charge in [-0.05, 0) is 12.1 Å². The lowest BCUT2D eigenvalue weighted by molar-refractivity contribution is -0.286. The second-order valence-electron chi connectivity index (χ2n) is 2.53. The highest BCUT2D eigenvalue weighted by atomic mass is 32.2. The first-order valence-corrected chi connectivity index (χ1v) is 4.59. The van der Waals surface area contributed by atoms with Gasteiger partial charge in [0.2, 0.25) is 0 Å². The van der Waals surface area contributed by atoms with Crippen LogP contribution in [0, 0.1) is 0 Å². The second-order valence-corrected chi connectivity index (χ2v) is 3.49. The van der Waals surface area contributed by atoms with Crippen molar-refractivity contribution >= 4 is 11.1 Å². The number of benzene rings is 1. The van der Waals surface area contributed by atoms with Crippen molar-refractivity contribution in [3.8, 4) is 11.5 Å². The van der Waals surface area contributed by atoms with E-state index in [1.807, 2.05) is 0 Å². The monoisotopic (exact) mass is 222 g/mol. The minimum atomic E-state index is -3.70. The highest BCUT2D eigenvalue weighted by Gasteiger charge is 2.43. The molecule has 0 radical (unpaired) electrons. The molecule has 1 aliphatic heterocycles. The highest BCUT2D eigenvalue weighted by molar-refractivity contribution is 7.79. The zero-order chi connectivity index (χ0) is 10.3. The maximum atomic E-state index is 12.5. The van der Waals surface area contributed by atoms with Crippen LogP contribution in [-0.2, 0) is 11.1 Å². The first-order valence-electron chi connectivity index (χ1n) is 3.49. The van der Waals surface area contributed by atoms with Crippen LogP contribution in [0.3, 0.4) is 0 Å². The van der Waals surface area contributed by atoms with E-state index in [9.17, 15) is 13.0 Å². The predicted molar refractivity (Wildman–Crippen MR) is 41.7 cm³/mol. The van der Waals surface area contributed by atoms with Gasteiger partial charge >= 0.3 is 6.29 Å². The number of rotatable bonds is 1. The summed E-state index contributed by atoms with van der Waals surface area (Å²) in [5, 5.41) is 0. The van der Waals surface area contributed by atoms with Gasteiger partial charge in [0.15, 0.2) is 22.6 Å². The molecule has 1 atom stereocenters. The van der Waals surface area contributed by atoms with Gasteiger partial charge in [0.25, 0.3) is 0 Å². The van der Waals surface area contributed by atoms with Crippen LogP contribution in [0.2, 0.25) is 0 Å². The summed E-state index contributed by atoms with van der Waals surface area (Å²) < 4.78 is 52.4. The third-order valence-corrected chi connectivity index (χ3v) is 2.23. The van der Waals surface area contributed by atoms with E-state index in [4.69, 9.17) is 4.55 Å². The van der Waals surface area contributed by atoms with Gasteiger partial charge in [-0.2, -0.15) is 0 Å². The molecule has 1 N–H and O–H groups in total. The van der Waals surface area contributed by atoms with Gasteiger partial charge in [0.05, 0.1) is 4.90 Å². The average molecular weight is 222 g/mol. The minimum absolute atomic E-state index is 0.0231. The van der Waals surface area contributed by atoms with Gasteiger partial charge in [0, 0.05) is 6.07 Å². The number of hydrogen-bond acceptors (Lipinski definition) is 3. The van der Waals surface area contributed by atoms with Crippen molar-refractivity contribution < 1.29 is 27.0 Å². The molecule has 1 aliphatic rings. The van der Waals surface area contributed by atoms with Crippen molar-refractivity contribution in [2.24, 2.45) is 0 Å². The standard InChI is InChI=1S/C7H4F2O4S/c8-7(9)12-5-2-1-4(14(10)11)3-6(5)13-7/h1-3H,(H,10,11). The summed E-state index contributed by atoms with van der Waals surface area (Å²) >= 11 is -2.23. The molecule has 0 saturated carbocycles. The van der Waals surface area contributed by atoms with Gasteiger partial charge < -0.3 is 14.0 Å². The number of ether oxygens (including phenoxy) is 2. The summed E-state index contributed by atoms with van der Waals surface area (Å²) in [7, 11) is 0. The molecule has 0 bridgehead atoms. The lowest BCUT2D eigenvalue weighted by Gasteiger charge is -2.04. The topological polar surface area (TPSA) is 55.8 Å². The molecule has 0 fully saturated rings. The molecule has 7 heteroatoms. The smallest absolute Gasteiger partial charge is 0.395 e. The maximum Gasteiger partial charge on any atom is 0.586 e.